The smallest absolute Gasteiger partial charge is 0.227 e. The monoisotopic (exact) mass is 350 g/mol. The number of carbonyl (C=O) groups excluding carboxylic acids is 1. The zero-order valence-electron chi connectivity index (χ0n) is 14.6. The number of benzene rings is 1. The molecule has 1 unspecified atom stereocenters. The maximum absolute atomic E-state index is 12.8. The van der Waals surface area contributed by atoms with Crippen molar-refractivity contribution < 1.29 is 4.79 Å². The van der Waals surface area contributed by atoms with Gasteiger partial charge in [0.05, 0.1) is 5.92 Å². The quantitative estimate of drug-likeness (QED) is 0.754. The van der Waals surface area contributed by atoms with Crippen molar-refractivity contribution in [3.63, 3.8) is 0 Å². The molecule has 1 aromatic rings. The van der Waals surface area contributed by atoms with E-state index in [1.54, 1.807) is 0 Å². The van der Waals surface area contributed by atoms with Crippen LogP contribution in [0.15, 0.2) is 30.3 Å². The lowest BCUT2D eigenvalue weighted by Crippen LogP contribution is -2.34. The fourth-order valence-electron chi connectivity index (χ4n) is 4.22. The SMILES string of the molecule is Cl.O=C(NCCCN1CCCC1)C(c1ccccc1)C1CCCC1. The van der Waals surface area contributed by atoms with Crippen LogP contribution in [0.1, 0.15) is 56.4 Å². The summed E-state index contributed by atoms with van der Waals surface area (Å²) in [6.45, 7) is 4.41. The number of carbonyl (C=O) groups is 1. The molecule has 0 aromatic heterocycles. The number of halogens is 1. The van der Waals surface area contributed by atoms with Crippen molar-refractivity contribution in [1.29, 1.82) is 0 Å². The summed E-state index contributed by atoms with van der Waals surface area (Å²) in [6, 6.07) is 10.4. The Labute approximate surface area is 152 Å². The Kier molecular flexibility index (Phi) is 8.07. The molecule has 1 aromatic carbocycles. The minimum Gasteiger partial charge on any atom is -0.356 e. The first-order valence-corrected chi connectivity index (χ1v) is 9.39. The van der Waals surface area contributed by atoms with Gasteiger partial charge in [-0.1, -0.05) is 43.2 Å². The average Bonchev–Trinajstić information content (AvgIpc) is 3.27. The van der Waals surface area contributed by atoms with Gasteiger partial charge in [0.15, 0.2) is 0 Å². The predicted octanol–water partition coefficient (Wildman–Crippen LogP) is 3.98. The number of hydrogen-bond acceptors (Lipinski definition) is 2. The highest BCUT2D eigenvalue weighted by molar-refractivity contribution is 5.85. The van der Waals surface area contributed by atoms with E-state index in [2.05, 4.69) is 34.5 Å². The molecular formula is C20H31ClN2O. The Bertz CT molecular complexity index is 482. The van der Waals surface area contributed by atoms with Gasteiger partial charge in [-0.05, 0) is 63.2 Å². The molecule has 1 atom stereocenters. The predicted molar refractivity (Wildman–Crippen MR) is 102 cm³/mol. The number of rotatable bonds is 7. The second-order valence-electron chi connectivity index (χ2n) is 7.13. The van der Waals surface area contributed by atoms with Crippen molar-refractivity contribution in [2.24, 2.45) is 5.92 Å². The molecule has 2 aliphatic rings. The van der Waals surface area contributed by atoms with Crippen molar-refractivity contribution >= 4 is 18.3 Å². The zero-order chi connectivity index (χ0) is 15.9. The van der Waals surface area contributed by atoms with Gasteiger partial charge < -0.3 is 10.2 Å². The molecule has 3 nitrogen and oxygen atoms in total. The molecular weight excluding hydrogens is 320 g/mol. The van der Waals surface area contributed by atoms with Gasteiger partial charge in [0.25, 0.3) is 0 Å². The molecule has 1 saturated carbocycles. The van der Waals surface area contributed by atoms with E-state index in [1.807, 2.05) is 6.07 Å². The molecule has 1 aliphatic carbocycles. The van der Waals surface area contributed by atoms with Gasteiger partial charge in [-0.25, -0.2) is 0 Å². The van der Waals surface area contributed by atoms with E-state index in [0.717, 1.165) is 19.5 Å². The molecule has 2 fully saturated rings. The van der Waals surface area contributed by atoms with Crippen LogP contribution < -0.4 is 5.32 Å². The summed E-state index contributed by atoms with van der Waals surface area (Å²) >= 11 is 0. The lowest BCUT2D eigenvalue weighted by Gasteiger charge is -2.23. The first-order chi connectivity index (χ1) is 11.3. The van der Waals surface area contributed by atoms with Crippen molar-refractivity contribution in [2.75, 3.05) is 26.2 Å². The van der Waals surface area contributed by atoms with Crippen molar-refractivity contribution in [3.8, 4) is 0 Å². The third-order valence-electron chi connectivity index (χ3n) is 5.46. The van der Waals surface area contributed by atoms with Crippen LogP contribution in [0.2, 0.25) is 0 Å². The lowest BCUT2D eigenvalue weighted by molar-refractivity contribution is -0.123. The minimum atomic E-state index is 0. The third-order valence-corrected chi connectivity index (χ3v) is 5.46. The molecule has 4 heteroatoms. The topological polar surface area (TPSA) is 32.3 Å². The van der Waals surface area contributed by atoms with Gasteiger partial charge in [-0.15, -0.1) is 12.4 Å². The maximum atomic E-state index is 12.8. The standard InChI is InChI=1S/C20H30N2O.ClH/c23-20(21-13-8-16-22-14-6-7-15-22)19(18-11-4-5-12-18)17-9-2-1-3-10-17;/h1-3,9-10,18-19H,4-8,11-16H2,(H,21,23);1H. The van der Waals surface area contributed by atoms with Crippen molar-refractivity contribution in [1.82, 2.24) is 10.2 Å². The molecule has 1 aliphatic heterocycles. The van der Waals surface area contributed by atoms with Crippen molar-refractivity contribution in [3.05, 3.63) is 35.9 Å². The summed E-state index contributed by atoms with van der Waals surface area (Å²) in [6.07, 6.45) is 8.68. The zero-order valence-corrected chi connectivity index (χ0v) is 15.4. The van der Waals surface area contributed by atoms with Gasteiger partial charge in [-0.2, -0.15) is 0 Å². The van der Waals surface area contributed by atoms with E-state index in [4.69, 9.17) is 0 Å². The van der Waals surface area contributed by atoms with E-state index in [1.165, 1.54) is 57.2 Å². The number of likely N-dealkylation sites (tertiary alicyclic amines) is 1. The molecule has 0 bridgehead atoms. The molecule has 1 saturated heterocycles. The first kappa shape index (κ1) is 19.3. The highest BCUT2D eigenvalue weighted by Crippen LogP contribution is 2.37. The maximum Gasteiger partial charge on any atom is 0.227 e. The van der Waals surface area contributed by atoms with Gasteiger partial charge in [0, 0.05) is 6.54 Å². The molecule has 1 heterocycles. The van der Waals surface area contributed by atoms with Crippen LogP contribution in [-0.4, -0.2) is 37.0 Å². The Morgan fingerprint density at radius 2 is 1.75 bits per heavy atom. The Balaban J connectivity index is 0.00000208. The number of nitrogens with zero attached hydrogens (tertiary/aromatic N) is 1. The Morgan fingerprint density at radius 1 is 1.08 bits per heavy atom. The normalized spacial score (nSPS) is 19.8. The highest BCUT2D eigenvalue weighted by atomic mass is 35.5. The largest absolute Gasteiger partial charge is 0.356 e. The molecule has 1 N–H and O–H groups in total. The van der Waals surface area contributed by atoms with Gasteiger partial charge in [-0.3, -0.25) is 4.79 Å². The fourth-order valence-corrected chi connectivity index (χ4v) is 4.22. The van der Waals surface area contributed by atoms with Crippen LogP contribution in [0, 0.1) is 5.92 Å². The van der Waals surface area contributed by atoms with Gasteiger partial charge in [0.2, 0.25) is 5.91 Å². The minimum absolute atomic E-state index is 0. The summed E-state index contributed by atoms with van der Waals surface area (Å²) in [4.78, 5) is 15.3. The Morgan fingerprint density at radius 3 is 2.42 bits per heavy atom. The third kappa shape index (κ3) is 5.22. The van der Waals surface area contributed by atoms with Crippen molar-refractivity contribution in [2.45, 2.75) is 50.9 Å². The van der Waals surface area contributed by atoms with Crippen LogP contribution >= 0.6 is 12.4 Å². The molecule has 134 valence electrons. The summed E-state index contributed by atoms with van der Waals surface area (Å²) in [5.41, 5.74) is 1.19. The molecule has 3 rings (SSSR count). The molecule has 0 radical (unpaired) electrons. The van der Waals surface area contributed by atoms with Crippen LogP contribution in [0.3, 0.4) is 0 Å². The average molecular weight is 351 g/mol. The fraction of sp³-hybridized carbons (Fsp3) is 0.650. The highest BCUT2D eigenvalue weighted by Gasteiger charge is 2.31. The second-order valence-corrected chi connectivity index (χ2v) is 7.13. The van der Waals surface area contributed by atoms with E-state index in [-0.39, 0.29) is 24.2 Å². The van der Waals surface area contributed by atoms with Gasteiger partial charge >= 0.3 is 0 Å². The molecule has 24 heavy (non-hydrogen) atoms. The second kappa shape index (κ2) is 10.0. The number of amides is 1. The van der Waals surface area contributed by atoms with Crippen LogP contribution in [0.4, 0.5) is 0 Å². The van der Waals surface area contributed by atoms with E-state index >= 15 is 0 Å². The summed E-state index contributed by atoms with van der Waals surface area (Å²) < 4.78 is 0. The molecule has 1 amide bonds. The number of nitrogens with one attached hydrogen (secondary N) is 1. The molecule has 0 spiro atoms. The van der Waals surface area contributed by atoms with E-state index in [9.17, 15) is 4.79 Å². The number of hydrogen-bond donors (Lipinski definition) is 1. The van der Waals surface area contributed by atoms with Gasteiger partial charge in [0.1, 0.15) is 0 Å². The van der Waals surface area contributed by atoms with E-state index < -0.39 is 0 Å². The first-order valence-electron chi connectivity index (χ1n) is 9.39. The van der Waals surface area contributed by atoms with Crippen LogP contribution in [-0.2, 0) is 4.79 Å². The van der Waals surface area contributed by atoms with Crippen LogP contribution in [0.5, 0.6) is 0 Å². The van der Waals surface area contributed by atoms with E-state index in [0.29, 0.717) is 5.92 Å². The lowest BCUT2D eigenvalue weighted by atomic mass is 9.84. The summed E-state index contributed by atoms with van der Waals surface area (Å²) in [5, 5.41) is 3.22. The Hall–Kier alpha value is -1.06. The summed E-state index contributed by atoms with van der Waals surface area (Å²) in [7, 11) is 0. The van der Waals surface area contributed by atoms with Crippen LogP contribution in [0.25, 0.3) is 0 Å². The summed E-state index contributed by atoms with van der Waals surface area (Å²) in [5.74, 6) is 0.811.